The largest absolute Gasteiger partial charge is 0.465 e. The number of halogens is 1. The zero-order valence-electron chi connectivity index (χ0n) is 9.10. The van der Waals surface area contributed by atoms with E-state index >= 15 is 0 Å². The average Bonchev–Trinajstić information content (AvgIpc) is 2.29. The maximum atomic E-state index is 11.3. The smallest absolute Gasteiger partial charge is 0.326 e. The first-order valence-electron chi connectivity index (χ1n) is 5.17. The molecule has 2 atom stereocenters. The summed E-state index contributed by atoms with van der Waals surface area (Å²) in [5, 5.41) is 8.72. The maximum Gasteiger partial charge on any atom is 0.326 e. The molecule has 0 radical (unpaired) electrons. The Hall–Kier alpha value is -1.06. The number of carbonyl (C=O) groups is 1. The Labute approximate surface area is 100.0 Å². The van der Waals surface area contributed by atoms with E-state index in [1.54, 1.807) is 6.92 Å². The first-order chi connectivity index (χ1) is 7.65. The van der Waals surface area contributed by atoms with Crippen molar-refractivity contribution >= 4 is 17.6 Å². The van der Waals surface area contributed by atoms with Crippen LogP contribution in [0.3, 0.4) is 0 Å². The number of aliphatic hydroxyl groups excluding tert-OH is 1. The molecule has 3 nitrogen and oxygen atoms in total. The number of aliphatic hydroxyl groups is 1. The standard InChI is InChI=1S/C12H15ClO3/c1-2-16-12(15)11(13)10(14)8-9-6-4-3-5-7-9/h3-7,10-11,14H,2,8H2,1H3/t10-,11+/m1/s1. The molecule has 0 saturated heterocycles. The monoisotopic (exact) mass is 242 g/mol. The summed E-state index contributed by atoms with van der Waals surface area (Å²) >= 11 is 5.79. The molecule has 0 bridgehead atoms. The van der Waals surface area contributed by atoms with Crippen molar-refractivity contribution in [1.29, 1.82) is 0 Å². The number of hydrogen-bond donors (Lipinski definition) is 1. The predicted octanol–water partition coefficient (Wildman–Crippen LogP) is 1.76. The van der Waals surface area contributed by atoms with Gasteiger partial charge in [-0.2, -0.15) is 0 Å². The first-order valence-corrected chi connectivity index (χ1v) is 5.61. The zero-order chi connectivity index (χ0) is 12.0. The normalized spacial score (nSPS) is 14.2. The molecule has 0 aliphatic rings. The van der Waals surface area contributed by atoms with E-state index < -0.39 is 17.5 Å². The van der Waals surface area contributed by atoms with Crippen LogP contribution in [0.4, 0.5) is 0 Å². The summed E-state index contributed by atoms with van der Waals surface area (Å²) in [7, 11) is 0. The first kappa shape index (κ1) is 13.0. The molecule has 4 heteroatoms. The van der Waals surface area contributed by atoms with Gasteiger partial charge in [0, 0.05) is 6.42 Å². The van der Waals surface area contributed by atoms with Crippen molar-refractivity contribution in [3.8, 4) is 0 Å². The quantitative estimate of drug-likeness (QED) is 0.632. The number of ether oxygens (including phenoxy) is 1. The lowest BCUT2D eigenvalue weighted by Crippen LogP contribution is -2.32. The Morgan fingerprint density at radius 2 is 2.06 bits per heavy atom. The molecule has 1 aromatic rings. The summed E-state index contributed by atoms with van der Waals surface area (Å²) in [6.45, 7) is 1.96. The van der Waals surface area contributed by atoms with Crippen molar-refractivity contribution < 1.29 is 14.6 Å². The van der Waals surface area contributed by atoms with Crippen LogP contribution in [0.2, 0.25) is 0 Å². The molecule has 0 aliphatic carbocycles. The predicted molar refractivity (Wildman–Crippen MR) is 62.4 cm³/mol. The number of carbonyl (C=O) groups excluding carboxylic acids is 1. The molecule has 1 N–H and O–H groups in total. The van der Waals surface area contributed by atoms with Crippen LogP contribution in [-0.2, 0) is 16.0 Å². The van der Waals surface area contributed by atoms with Crippen LogP contribution in [0.15, 0.2) is 30.3 Å². The van der Waals surface area contributed by atoms with Crippen LogP contribution in [0.25, 0.3) is 0 Å². The Bertz CT molecular complexity index is 326. The number of rotatable bonds is 5. The minimum Gasteiger partial charge on any atom is -0.465 e. The van der Waals surface area contributed by atoms with Crippen molar-refractivity contribution in [3.05, 3.63) is 35.9 Å². The van der Waals surface area contributed by atoms with Crippen molar-refractivity contribution in [2.45, 2.75) is 24.8 Å². The van der Waals surface area contributed by atoms with Crippen molar-refractivity contribution in [2.24, 2.45) is 0 Å². The Kier molecular flexibility index (Phi) is 5.29. The minimum atomic E-state index is -1.01. The second-order valence-electron chi connectivity index (χ2n) is 3.41. The maximum absolute atomic E-state index is 11.3. The number of hydrogen-bond acceptors (Lipinski definition) is 3. The number of benzene rings is 1. The third kappa shape index (κ3) is 3.83. The zero-order valence-corrected chi connectivity index (χ0v) is 9.85. The lowest BCUT2D eigenvalue weighted by atomic mass is 10.1. The molecule has 0 spiro atoms. The highest BCUT2D eigenvalue weighted by atomic mass is 35.5. The lowest BCUT2D eigenvalue weighted by Gasteiger charge is -2.15. The van der Waals surface area contributed by atoms with Crippen molar-refractivity contribution in [2.75, 3.05) is 6.61 Å². The summed E-state index contributed by atoms with van der Waals surface area (Å²) in [4.78, 5) is 11.3. The second-order valence-corrected chi connectivity index (χ2v) is 3.88. The lowest BCUT2D eigenvalue weighted by molar-refractivity contribution is -0.144. The molecule has 0 aliphatic heterocycles. The van der Waals surface area contributed by atoms with Gasteiger partial charge < -0.3 is 9.84 Å². The molecular weight excluding hydrogens is 228 g/mol. The minimum absolute atomic E-state index is 0.264. The van der Waals surface area contributed by atoms with Crippen LogP contribution in [-0.4, -0.2) is 29.2 Å². The fraction of sp³-hybridized carbons (Fsp3) is 0.417. The molecule has 0 unspecified atom stereocenters. The summed E-state index contributed by atoms with van der Waals surface area (Å²) in [6, 6.07) is 9.38. The summed E-state index contributed by atoms with van der Waals surface area (Å²) in [5.74, 6) is -0.576. The van der Waals surface area contributed by atoms with E-state index in [0.29, 0.717) is 6.42 Å². The molecule has 0 aromatic heterocycles. The van der Waals surface area contributed by atoms with Gasteiger partial charge in [-0.3, -0.25) is 4.79 Å². The SMILES string of the molecule is CCOC(=O)[C@@H](Cl)[C@H](O)Cc1ccccc1. The third-order valence-electron chi connectivity index (χ3n) is 2.14. The average molecular weight is 243 g/mol. The molecule has 88 valence electrons. The van der Waals surface area contributed by atoms with Gasteiger partial charge in [-0.15, -0.1) is 11.6 Å². The van der Waals surface area contributed by atoms with Gasteiger partial charge in [0.1, 0.15) is 0 Å². The highest BCUT2D eigenvalue weighted by molar-refractivity contribution is 6.30. The molecule has 0 fully saturated rings. The van der Waals surface area contributed by atoms with Gasteiger partial charge in [0.05, 0.1) is 12.7 Å². The molecule has 16 heavy (non-hydrogen) atoms. The van der Waals surface area contributed by atoms with E-state index in [9.17, 15) is 9.90 Å². The van der Waals surface area contributed by atoms with Gasteiger partial charge in [-0.05, 0) is 12.5 Å². The van der Waals surface area contributed by atoms with E-state index in [0.717, 1.165) is 5.56 Å². The van der Waals surface area contributed by atoms with Gasteiger partial charge in [-0.25, -0.2) is 0 Å². The van der Waals surface area contributed by atoms with Crippen molar-refractivity contribution in [1.82, 2.24) is 0 Å². The Morgan fingerprint density at radius 1 is 1.44 bits per heavy atom. The highest BCUT2D eigenvalue weighted by Crippen LogP contribution is 2.11. The van der Waals surface area contributed by atoms with Crippen LogP contribution in [0.5, 0.6) is 0 Å². The van der Waals surface area contributed by atoms with Crippen LogP contribution in [0, 0.1) is 0 Å². The molecular formula is C12H15ClO3. The molecule has 1 aromatic carbocycles. The molecule has 1 rings (SSSR count). The fourth-order valence-electron chi connectivity index (χ4n) is 1.34. The Morgan fingerprint density at radius 3 is 2.62 bits per heavy atom. The van der Waals surface area contributed by atoms with Gasteiger partial charge in [-0.1, -0.05) is 30.3 Å². The fourth-order valence-corrected chi connectivity index (χ4v) is 1.49. The van der Waals surface area contributed by atoms with Crippen LogP contribution < -0.4 is 0 Å². The summed E-state index contributed by atoms with van der Waals surface area (Å²) in [5.41, 5.74) is 0.935. The molecule has 0 saturated carbocycles. The van der Waals surface area contributed by atoms with Gasteiger partial charge >= 0.3 is 5.97 Å². The molecule has 0 heterocycles. The van der Waals surface area contributed by atoms with E-state index in [1.807, 2.05) is 30.3 Å². The van der Waals surface area contributed by atoms with Gasteiger partial charge in [0.15, 0.2) is 5.38 Å². The Balaban J connectivity index is 2.52. The second kappa shape index (κ2) is 6.51. The topological polar surface area (TPSA) is 46.5 Å². The van der Waals surface area contributed by atoms with Gasteiger partial charge in [0.25, 0.3) is 0 Å². The van der Waals surface area contributed by atoms with Gasteiger partial charge in [0.2, 0.25) is 0 Å². The van der Waals surface area contributed by atoms with E-state index in [2.05, 4.69) is 0 Å². The molecule has 0 amide bonds. The summed E-state index contributed by atoms with van der Waals surface area (Å²) < 4.78 is 4.73. The third-order valence-corrected chi connectivity index (χ3v) is 2.61. The van der Waals surface area contributed by atoms with E-state index in [4.69, 9.17) is 16.3 Å². The van der Waals surface area contributed by atoms with E-state index in [-0.39, 0.29) is 6.61 Å². The summed E-state index contributed by atoms with van der Waals surface area (Å²) in [6.07, 6.45) is -0.587. The number of alkyl halides is 1. The highest BCUT2D eigenvalue weighted by Gasteiger charge is 2.25. The van der Waals surface area contributed by atoms with E-state index in [1.165, 1.54) is 0 Å². The van der Waals surface area contributed by atoms with Crippen molar-refractivity contribution in [3.63, 3.8) is 0 Å². The van der Waals surface area contributed by atoms with Crippen LogP contribution >= 0.6 is 11.6 Å². The van der Waals surface area contributed by atoms with Crippen LogP contribution in [0.1, 0.15) is 12.5 Å². The number of esters is 1.